The van der Waals surface area contributed by atoms with Crippen LogP contribution in [0.1, 0.15) is 25.8 Å². The Hall–Kier alpha value is -1.84. The molecule has 0 unspecified atom stereocenters. The first-order chi connectivity index (χ1) is 8.13. The van der Waals surface area contributed by atoms with Gasteiger partial charge in [-0.15, -0.1) is 0 Å². The van der Waals surface area contributed by atoms with Gasteiger partial charge in [0.15, 0.2) is 0 Å². The minimum atomic E-state index is -0.448. The largest absolute Gasteiger partial charge is 0.350 e. The number of benzene rings is 1. The molecule has 92 valence electrons. The Morgan fingerprint density at radius 3 is 2.41 bits per heavy atom. The van der Waals surface area contributed by atoms with Crippen molar-refractivity contribution in [3.8, 4) is 0 Å². The third-order valence-electron chi connectivity index (χ3n) is 2.41. The van der Waals surface area contributed by atoms with E-state index in [1.54, 1.807) is 0 Å². The van der Waals surface area contributed by atoms with Crippen LogP contribution >= 0.6 is 0 Å². The lowest BCUT2D eigenvalue weighted by atomic mass is 10.2. The first-order valence-corrected chi connectivity index (χ1v) is 5.72. The van der Waals surface area contributed by atoms with Crippen molar-refractivity contribution in [1.82, 2.24) is 10.6 Å². The van der Waals surface area contributed by atoms with Crippen LogP contribution in [0.3, 0.4) is 0 Å². The van der Waals surface area contributed by atoms with Gasteiger partial charge in [0.05, 0.1) is 0 Å². The van der Waals surface area contributed by atoms with Crippen LogP contribution < -0.4 is 10.6 Å². The highest BCUT2D eigenvalue weighted by molar-refractivity contribution is 5.86. The van der Waals surface area contributed by atoms with Gasteiger partial charge in [0.2, 0.25) is 11.8 Å². The molecular weight excluding hydrogens is 216 g/mol. The highest BCUT2D eigenvalue weighted by Gasteiger charge is 2.16. The molecule has 0 bridgehead atoms. The second-order valence-corrected chi connectivity index (χ2v) is 3.86. The number of carbonyl (C=O) groups excluding carboxylic acids is 2. The molecule has 2 amide bonds. The summed E-state index contributed by atoms with van der Waals surface area (Å²) in [5, 5.41) is 5.42. The molecule has 1 atom stereocenters. The van der Waals surface area contributed by atoms with Crippen LogP contribution in [0.5, 0.6) is 0 Å². The standard InChI is InChI=1S/C13H18N2O2/c1-3-12(15-10(2)16)13(17)14-9-11-7-5-4-6-8-11/h4-8,12H,3,9H2,1-2H3,(H,14,17)(H,15,16)/t12-/m1/s1. The van der Waals surface area contributed by atoms with Crippen LogP contribution in [0.25, 0.3) is 0 Å². The fourth-order valence-electron chi connectivity index (χ4n) is 1.51. The molecule has 0 spiro atoms. The van der Waals surface area contributed by atoms with Crippen LogP contribution in [0.2, 0.25) is 0 Å². The van der Waals surface area contributed by atoms with Crippen molar-refractivity contribution in [2.24, 2.45) is 0 Å². The summed E-state index contributed by atoms with van der Waals surface area (Å²) in [7, 11) is 0. The molecule has 2 N–H and O–H groups in total. The van der Waals surface area contributed by atoms with Crippen molar-refractivity contribution in [3.63, 3.8) is 0 Å². The van der Waals surface area contributed by atoms with E-state index < -0.39 is 6.04 Å². The van der Waals surface area contributed by atoms with Crippen LogP contribution in [-0.2, 0) is 16.1 Å². The van der Waals surface area contributed by atoms with Crippen molar-refractivity contribution in [3.05, 3.63) is 35.9 Å². The highest BCUT2D eigenvalue weighted by atomic mass is 16.2. The average Bonchev–Trinajstić information content (AvgIpc) is 2.34. The molecule has 4 nitrogen and oxygen atoms in total. The zero-order valence-corrected chi connectivity index (χ0v) is 10.2. The monoisotopic (exact) mass is 234 g/mol. The van der Waals surface area contributed by atoms with Crippen molar-refractivity contribution >= 4 is 11.8 Å². The summed E-state index contributed by atoms with van der Waals surface area (Å²) in [6, 6.07) is 9.21. The highest BCUT2D eigenvalue weighted by Crippen LogP contribution is 1.98. The molecule has 17 heavy (non-hydrogen) atoms. The van der Waals surface area contributed by atoms with Gasteiger partial charge in [-0.1, -0.05) is 37.3 Å². The smallest absolute Gasteiger partial charge is 0.242 e. The van der Waals surface area contributed by atoms with Gasteiger partial charge in [0.25, 0.3) is 0 Å². The molecule has 0 aromatic heterocycles. The Morgan fingerprint density at radius 1 is 1.24 bits per heavy atom. The van der Waals surface area contributed by atoms with E-state index >= 15 is 0 Å². The Labute approximate surface area is 101 Å². The second kappa shape index (κ2) is 6.68. The molecule has 0 heterocycles. The number of carbonyl (C=O) groups is 2. The maximum absolute atomic E-state index is 11.8. The van der Waals surface area contributed by atoms with E-state index in [4.69, 9.17) is 0 Å². The normalized spacial score (nSPS) is 11.6. The lowest BCUT2D eigenvalue weighted by Crippen LogP contribution is -2.45. The minimum absolute atomic E-state index is 0.147. The Balaban J connectivity index is 2.45. The topological polar surface area (TPSA) is 58.2 Å². The molecule has 0 saturated carbocycles. The van der Waals surface area contributed by atoms with Gasteiger partial charge in [-0.05, 0) is 12.0 Å². The van der Waals surface area contributed by atoms with E-state index in [1.807, 2.05) is 37.3 Å². The summed E-state index contributed by atoms with van der Waals surface area (Å²) in [6.07, 6.45) is 0.584. The number of nitrogens with one attached hydrogen (secondary N) is 2. The van der Waals surface area contributed by atoms with E-state index in [-0.39, 0.29) is 11.8 Å². The van der Waals surface area contributed by atoms with Gasteiger partial charge in [0.1, 0.15) is 6.04 Å². The van der Waals surface area contributed by atoms with Gasteiger partial charge >= 0.3 is 0 Å². The predicted molar refractivity (Wildman–Crippen MR) is 66.2 cm³/mol. The van der Waals surface area contributed by atoms with Crippen molar-refractivity contribution in [2.45, 2.75) is 32.9 Å². The number of amides is 2. The number of rotatable bonds is 5. The predicted octanol–water partition coefficient (Wildman–Crippen LogP) is 1.22. The molecule has 1 aromatic carbocycles. The molecule has 1 rings (SSSR count). The molecule has 0 fully saturated rings. The summed E-state index contributed by atoms with van der Waals surface area (Å²) in [6.45, 7) is 3.76. The first kappa shape index (κ1) is 13.2. The second-order valence-electron chi connectivity index (χ2n) is 3.86. The molecule has 0 saturated heterocycles. The lowest BCUT2D eigenvalue weighted by molar-refractivity contribution is -0.128. The van der Waals surface area contributed by atoms with E-state index in [0.29, 0.717) is 13.0 Å². The lowest BCUT2D eigenvalue weighted by Gasteiger charge is -2.15. The quantitative estimate of drug-likeness (QED) is 0.804. The molecule has 0 aliphatic carbocycles. The SMILES string of the molecule is CC[C@@H](NC(C)=O)C(=O)NCc1ccccc1. The summed E-state index contributed by atoms with van der Waals surface area (Å²) in [5.41, 5.74) is 1.04. The number of hydrogen-bond donors (Lipinski definition) is 2. The molecule has 0 radical (unpaired) electrons. The molecule has 4 heteroatoms. The van der Waals surface area contributed by atoms with Crippen molar-refractivity contribution < 1.29 is 9.59 Å². The fraction of sp³-hybridized carbons (Fsp3) is 0.385. The average molecular weight is 234 g/mol. The Kier molecular flexibility index (Phi) is 5.20. The Morgan fingerprint density at radius 2 is 1.88 bits per heavy atom. The van der Waals surface area contributed by atoms with Gasteiger partial charge < -0.3 is 10.6 Å². The summed E-state index contributed by atoms with van der Waals surface area (Å²) < 4.78 is 0. The zero-order valence-electron chi connectivity index (χ0n) is 10.2. The third kappa shape index (κ3) is 4.68. The minimum Gasteiger partial charge on any atom is -0.350 e. The fourth-order valence-corrected chi connectivity index (χ4v) is 1.51. The van der Waals surface area contributed by atoms with Crippen LogP contribution in [-0.4, -0.2) is 17.9 Å². The van der Waals surface area contributed by atoms with Crippen LogP contribution in [0.15, 0.2) is 30.3 Å². The summed E-state index contributed by atoms with van der Waals surface area (Å²) in [4.78, 5) is 22.7. The molecule has 0 aliphatic heterocycles. The van der Waals surface area contributed by atoms with Gasteiger partial charge in [-0.3, -0.25) is 9.59 Å². The first-order valence-electron chi connectivity index (χ1n) is 5.72. The van der Waals surface area contributed by atoms with Gasteiger partial charge in [-0.2, -0.15) is 0 Å². The molecule has 1 aromatic rings. The molecular formula is C13H18N2O2. The van der Waals surface area contributed by atoms with Crippen LogP contribution in [0.4, 0.5) is 0 Å². The van der Waals surface area contributed by atoms with Crippen LogP contribution in [0, 0.1) is 0 Å². The van der Waals surface area contributed by atoms with E-state index in [2.05, 4.69) is 10.6 Å². The van der Waals surface area contributed by atoms with E-state index in [9.17, 15) is 9.59 Å². The van der Waals surface area contributed by atoms with Gasteiger partial charge in [0, 0.05) is 13.5 Å². The molecule has 0 aliphatic rings. The van der Waals surface area contributed by atoms with Crippen molar-refractivity contribution in [1.29, 1.82) is 0 Å². The maximum Gasteiger partial charge on any atom is 0.242 e. The zero-order chi connectivity index (χ0) is 12.7. The van der Waals surface area contributed by atoms with Crippen molar-refractivity contribution in [2.75, 3.05) is 0 Å². The van der Waals surface area contributed by atoms with Gasteiger partial charge in [-0.25, -0.2) is 0 Å². The number of hydrogen-bond acceptors (Lipinski definition) is 2. The van der Waals surface area contributed by atoms with E-state index in [1.165, 1.54) is 6.92 Å². The summed E-state index contributed by atoms with van der Waals surface area (Å²) >= 11 is 0. The summed E-state index contributed by atoms with van der Waals surface area (Å²) in [5.74, 6) is -0.335. The third-order valence-corrected chi connectivity index (χ3v) is 2.41. The Bertz CT molecular complexity index is 376. The van der Waals surface area contributed by atoms with E-state index in [0.717, 1.165) is 5.56 Å². The maximum atomic E-state index is 11.8.